The molecule has 0 atom stereocenters. The van der Waals surface area contributed by atoms with Gasteiger partial charge in [-0.3, -0.25) is 4.79 Å². The highest BCUT2D eigenvalue weighted by Gasteiger charge is 2.23. The number of hydrogen-bond donors (Lipinski definition) is 1. The molecular weight excluding hydrogens is 442 g/mol. The zero-order valence-electron chi connectivity index (χ0n) is 21.0. The van der Waals surface area contributed by atoms with Crippen molar-refractivity contribution in [2.24, 2.45) is 0 Å². The van der Waals surface area contributed by atoms with Gasteiger partial charge in [0.1, 0.15) is 18.1 Å². The average molecular weight is 478 g/mol. The molecule has 1 aromatic heterocycles. The van der Waals surface area contributed by atoms with Gasteiger partial charge in [0.2, 0.25) is 5.91 Å². The van der Waals surface area contributed by atoms with Crippen LogP contribution in [-0.2, 0) is 22.6 Å². The first-order valence-electron chi connectivity index (χ1n) is 11.9. The lowest BCUT2D eigenvalue weighted by Crippen LogP contribution is -2.45. The fourth-order valence-corrected chi connectivity index (χ4v) is 3.67. The fourth-order valence-electron chi connectivity index (χ4n) is 3.67. The third kappa shape index (κ3) is 8.00. The topological polar surface area (TPSA) is 75.0 Å². The lowest BCUT2D eigenvalue weighted by molar-refractivity contribution is -0.133. The smallest absolute Gasteiger partial charge is 0.322 e. The van der Waals surface area contributed by atoms with Crippen molar-refractivity contribution in [1.82, 2.24) is 9.80 Å². The second-order valence-electron chi connectivity index (χ2n) is 8.87. The van der Waals surface area contributed by atoms with Crippen LogP contribution in [0.25, 0.3) is 0 Å². The number of carbonyl (C=O) groups excluding carboxylic acids is 2. The van der Waals surface area contributed by atoms with Gasteiger partial charge in [0, 0.05) is 25.9 Å². The van der Waals surface area contributed by atoms with Gasteiger partial charge in [-0.05, 0) is 48.2 Å². The summed E-state index contributed by atoms with van der Waals surface area (Å²) in [5.41, 5.74) is 2.88. The number of rotatable bonds is 11. The molecule has 0 fully saturated rings. The van der Waals surface area contributed by atoms with Crippen molar-refractivity contribution < 1.29 is 18.7 Å². The van der Waals surface area contributed by atoms with E-state index >= 15 is 0 Å². The zero-order chi connectivity index (χ0) is 25.2. The largest absolute Gasteiger partial charge is 0.464 e. The molecule has 0 saturated heterocycles. The van der Waals surface area contributed by atoms with E-state index in [1.165, 1.54) is 10.5 Å². The number of methoxy groups -OCH3 is 1. The highest BCUT2D eigenvalue weighted by Crippen LogP contribution is 2.18. The fraction of sp³-hybridized carbons (Fsp3) is 0.357. The van der Waals surface area contributed by atoms with Crippen LogP contribution in [0.2, 0.25) is 0 Å². The van der Waals surface area contributed by atoms with Crippen molar-refractivity contribution in [2.45, 2.75) is 39.8 Å². The van der Waals surface area contributed by atoms with Gasteiger partial charge in [0.25, 0.3) is 0 Å². The molecule has 0 aliphatic rings. The molecule has 3 amide bonds. The first-order chi connectivity index (χ1) is 16.9. The van der Waals surface area contributed by atoms with Crippen molar-refractivity contribution in [3.63, 3.8) is 0 Å². The van der Waals surface area contributed by atoms with Gasteiger partial charge in [-0.2, -0.15) is 0 Å². The number of aryl methyl sites for hydroxylation is 1. The highest BCUT2D eigenvalue weighted by molar-refractivity contribution is 5.92. The predicted octanol–water partition coefficient (Wildman–Crippen LogP) is 5.42. The van der Waals surface area contributed by atoms with Crippen LogP contribution < -0.4 is 5.32 Å². The standard InChI is InChI=1S/C28H35N3O4/c1-21(2)24-11-13-25(14-12-24)29-28(33)30(16-17-34-4)20-27(32)31(18-23-8-6-5-7-9-23)19-26-15-10-22(3)35-26/h5-15,21H,16-20H2,1-4H3,(H,29,33). The normalized spacial score (nSPS) is 10.9. The number of nitrogens with one attached hydrogen (secondary N) is 1. The SMILES string of the molecule is COCCN(CC(=O)N(Cc1ccccc1)Cc1ccc(C)o1)C(=O)Nc1ccc(C(C)C)cc1. The molecule has 2 aromatic carbocycles. The predicted molar refractivity (Wildman–Crippen MR) is 137 cm³/mol. The summed E-state index contributed by atoms with van der Waals surface area (Å²) in [6, 6.07) is 20.9. The molecule has 0 spiro atoms. The van der Waals surface area contributed by atoms with Gasteiger partial charge in [-0.15, -0.1) is 0 Å². The van der Waals surface area contributed by atoms with E-state index < -0.39 is 0 Å². The number of ether oxygens (including phenoxy) is 1. The van der Waals surface area contributed by atoms with E-state index in [1.54, 1.807) is 12.0 Å². The van der Waals surface area contributed by atoms with Gasteiger partial charge in [0.15, 0.2) is 0 Å². The third-order valence-corrected chi connectivity index (χ3v) is 5.72. The van der Waals surface area contributed by atoms with E-state index in [9.17, 15) is 9.59 Å². The van der Waals surface area contributed by atoms with E-state index in [-0.39, 0.29) is 25.0 Å². The number of urea groups is 1. The van der Waals surface area contributed by atoms with Crippen molar-refractivity contribution in [2.75, 3.05) is 32.1 Å². The van der Waals surface area contributed by atoms with E-state index in [0.717, 1.165) is 11.3 Å². The van der Waals surface area contributed by atoms with Gasteiger partial charge >= 0.3 is 6.03 Å². The van der Waals surface area contributed by atoms with Crippen LogP contribution in [0.5, 0.6) is 0 Å². The Morgan fingerprint density at radius 2 is 1.66 bits per heavy atom. The third-order valence-electron chi connectivity index (χ3n) is 5.72. The number of nitrogens with zero attached hydrogens (tertiary/aromatic N) is 2. The highest BCUT2D eigenvalue weighted by atomic mass is 16.5. The Labute approximate surface area is 207 Å². The molecule has 0 aliphatic heterocycles. The molecule has 0 aliphatic carbocycles. The van der Waals surface area contributed by atoms with Crippen molar-refractivity contribution in [3.05, 3.63) is 89.4 Å². The van der Waals surface area contributed by atoms with Crippen LogP contribution in [0.1, 0.15) is 42.4 Å². The van der Waals surface area contributed by atoms with Gasteiger partial charge in [-0.1, -0.05) is 56.3 Å². The molecule has 0 unspecified atom stereocenters. The molecule has 7 nitrogen and oxygen atoms in total. The van der Waals surface area contributed by atoms with E-state index in [1.807, 2.05) is 73.7 Å². The molecule has 3 aromatic rings. The quantitative estimate of drug-likeness (QED) is 0.400. The van der Waals surface area contributed by atoms with E-state index in [4.69, 9.17) is 9.15 Å². The number of hydrogen-bond acceptors (Lipinski definition) is 4. The van der Waals surface area contributed by atoms with Crippen molar-refractivity contribution in [1.29, 1.82) is 0 Å². The summed E-state index contributed by atoms with van der Waals surface area (Å²) < 4.78 is 10.9. The van der Waals surface area contributed by atoms with Crippen molar-refractivity contribution in [3.8, 4) is 0 Å². The Bertz CT molecular complexity index is 1080. The molecule has 1 N–H and O–H groups in total. The summed E-state index contributed by atoms with van der Waals surface area (Å²) >= 11 is 0. The Morgan fingerprint density at radius 3 is 2.26 bits per heavy atom. The molecule has 0 bridgehead atoms. The maximum absolute atomic E-state index is 13.4. The average Bonchev–Trinajstić information content (AvgIpc) is 3.26. The Kier molecular flexibility index (Phi) is 9.49. The summed E-state index contributed by atoms with van der Waals surface area (Å²) in [5, 5.41) is 2.91. The van der Waals surface area contributed by atoms with Gasteiger partial charge in [-0.25, -0.2) is 4.79 Å². The lowest BCUT2D eigenvalue weighted by Gasteiger charge is -2.27. The molecular formula is C28H35N3O4. The maximum Gasteiger partial charge on any atom is 0.322 e. The molecule has 3 rings (SSSR count). The maximum atomic E-state index is 13.4. The summed E-state index contributed by atoms with van der Waals surface area (Å²) in [7, 11) is 1.57. The second-order valence-corrected chi connectivity index (χ2v) is 8.87. The minimum absolute atomic E-state index is 0.0776. The minimum atomic E-state index is -0.346. The zero-order valence-corrected chi connectivity index (χ0v) is 21.0. The van der Waals surface area contributed by atoms with Crippen LogP contribution in [0.4, 0.5) is 10.5 Å². The van der Waals surface area contributed by atoms with Crippen molar-refractivity contribution >= 4 is 17.6 Å². The van der Waals surface area contributed by atoms with Crippen LogP contribution in [0.15, 0.2) is 71.1 Å². The number of benzene rings is 2. The summed E-state index contributed by atoms with van der Waals surface area (Å²) in [6.45, 7) is 7.38. The molecule has 1 heterocycles. The van der Waals surface area contributed by atoms with Gasteiger partial charge < -0.3 is 24.3 Å². The Hall–Kier alpha value is -3.58. The molecule has 0 radical (unpaired) electrons. The molecule has 186 valence electrons. The van der Waals surface area contributed by atoms with E-state index in [0.29, 0.717) is 37.1 Å². The summed E-state index contributed by atoms with van der Waals surface area (Å²) in [4.78, 5) is 29.7. The van der Waals surface area contributed by atoms with Gasteiger partial charge in [0.05, 0.1) is 13.2 Å². The first-order valence-corrected chi connectivity index (χ1v) is 11.9. The molecule has 0 saturated carbocycles. The lowest BCUT2D eigenvalue weighted by atomic mass is 10.0. The summed E-state index contributed by atoms with van der Waals surface area (Å²) in [5.74, 6) is 1.72. The number of amides is 3. The number of anilines is 1. The molecule has 35 heavy (non-hydrogen) atoms. The van der Waals surface area contributed by atoms with E-state index in [2.05, 4.69) is 19.2 Å². The number of carbonyl (C=O) groups is 2. The second kappa shape index (κ2) is 12.8. The first kappa shape index (κ1) is 26.0. The van der Waals surface area contributed by atoms with Crippen LogP contribution >= 0.6 is 0 Å². The Balaban J connectivity index is 1.73. The van der Waals surface area contributed by atoms with Crippen LogP contribution in [0, 0.1) is 6.92 Å². The minimum Gasteiger partial charge on any atom is -0.464 e. The van der Waals surface area contributed by atoms with Crippen LogP contribution in [-0.4, -0.2) is 48.5 Å². The number of furan rings is 1. The monoisotopic (exact) mass is 477 g/mol. The summed E-state index contributed by atoms with van der Waals surface area (Å²) in [6.07, 6.45) is 0. The molecule has 7 heteroatoms. The Morgan fingerprint density at radius 1 is 0.943 bits per heavy atom. The van der Waals surface area contributed by atoms with Crippen LogP contribution in [0.3, 0.4) is 0 Å².